The summed E-state index contributed by atoms with van der Waals surface area (Å²) in [5, 5.41) is 9.28. The van der Waals surface area contributed by atoms with E-state index in [4.69, 9.17) is 4.74 Å². The number of carbonyl (C=O) groups is 2. The third-order valence-electron chi connectivity index (χ3n) is 3.75. The maximum atomic E-state index is 13.8. The van der Waals surface area contributed by atoms with Gasteiger partial charge in [-0.15, -0.1) is 0 Å². The van der Waals surface area contributed by atoms with Gasteiger partial charge in [-0.2, -0.15) is 0 Å². The Labute approximate surface area is 111 Å². The fraction of sp³-hybridized carbons (Fsp3) is 0.846. The number of carbonyl (C=O) groups excluding carboxylic acids is 1. The van der Waals surface area contributed by atoms with Gasteiger partial charge in [0, 0.05) is 12.0 Å². The zero-order valence-electron chi connectivity index (χ0n) is 11.4. The number of nitrogens with zero attached hydrogens (tertiary/aromatic N) is 1. The Morgan fingerprint density at radius 1 is 1.32 bits per heavy atom. The van der Waals surface area contributed by atoms with Gasteiger partial charge in [-0.3, -0.25) is 4.90 Å². The molecule has 0 aromatic rings. The molecule has 108 valence electrons. The summed E-state index contributed by atoms with van der Waals surface area (Å²) in [6.45, 7) is 5.17. The Morgan fingerprint density at radius 3 is 2.42 bits per heavy atom. The van der Waals surface area contributed by atoms with Crippen molar-refractivity contribution < 1.29 is 23.8 Å². The Hall–Kier alpha value is -1.33. The van der Waals surface area contributed by atoms with E-state index in [1.54, 1.807) is 20.8 Å². The first-order valence-electron chi connectivity index (χ1n) is 6.59. The van der Waals surface area contributed by atoms with Gasteiger partial charge >= 0.3 is 12.1 Å². The second-order valence-electron chi connectivity index (χ2n) is 6.32. The van der Waals surface area contributed by atoms with Gasteiger partial charge in [0.05, 0.1) is 0 Å². The molecule has 6 heteroatoms. The van der Waals surface area contributed by atoms with E-state index in [9.17, 15) is 19.1 Å². The monoisotopic (exact) mass is 273 g/mol. The minimum atomic E-state index is -1.15. The molecule has 2 unspecified atom stereocenters. The third-order valence-corrected chi connectivity index (χ3v) is 3.75. The summed E-state index contributed by atoms with van der Waals surface area (Å²) in [5.41, 5.74) is -0.689. The predicted octanol–water partition coefficient (Wildman–Crippen LogP) is 2.20. The molecule has 1 amide bonds. The fourth-order valence-corrected chi connectivity index (χ4v) is 3.04. The zero-order valence-corrected chi connectivity index (χ0v) is 11.4. The molecule has 0 spiro atoms. The highest BCUT2D eigenvalue weighted by Crippen LogP contribution is 2.42. The number of alkyl halides is 1. The van der Waals surface area contributed by atoms with Crippen LogP contribution >= 0.6 is 0 Å². The number of carboxylic acids is 1. The first kappa shape index (κ1) is 14.1. The van der Waals surface area contributed by atoms with Crippen molar-refractivity contribution in [3.63, 3.8) is 0 Å². The molecule has 2 bridgehead atoms. The second-order valence-corrected chi connectivity index (χ2v) is 6.32. The van der Waals surface area contributed by atoms with Crippen molar-refractivity contribution in [2.45, 2.75) is 63.9 Å². The molecule has 3 fully saturated rings. The van der Waals surface area contributed by atoms with Gasteiger partial charge in [0.25, 0.3) is 0 Å². The molecule has 3 aliphatic rings. The number of halogens is 1. The van der Waals surface area contributed by atoms with Gasteiger partial charge in [-0.1, -0.05) is 0 Å². The molecular weight excluding hydrogens is 253 g/mol. The van der Waals surface area contributed by atoms with Crippen LogP contribution in [0.1, 0.15) is 40.0 Å². The number of amides is 1. The van der Waals surface area contributed by atoms with Gasteiger partial charge in [0.15, 0.2) is 0 Å². The van der Waals surface area contributed by atoms with Gasteiger partial charge in [-0.25, -0.2) is 14.0 Å². The highest BCUT2D eigenvalue weighted by molar-refractivity contribution is 5.81. The van der Waals surface area contributed by atoms with Gasteiger partial charge < -0.3 is 9.84 Å². The summed E-state index contributed by atoms with van der Waals surface area (Å²) in [6.07, 6.45) is -0.413. The average molecular weight is 273 g/mol. The molecule has 19 heavy (non-hydrogen) atoms. The maximum absolute atomic E-state index is 13.8. The number of carboxylic acid groups (broad SMARTS) is 1. The SMILES string of the molecule is CC(C)(C)OC(=O)N1C2CCC([C@H](F)C2)[C@@H]1C(=O)O. The first-order chi connectivity index (χ1) is 8.70. The van der Waals surface area contributed by atoms with Crippen LogP contribution in [0.3, 0.4) is 0 Å². The van der Waals surface area contributed by atoms with Crippen molar-refractivity contribution in [1.82, 2.24) is 4.90 Å². The highest BCUT2D eigenvalue weighted by atomic mass is 19.1. The van der Waals surface area contributed by atoms with E-state index < -0.39 is 35.8 Å². The lowest BCUT2D eigenvalue weighted by molar-refractivity contribution is -0.156. The van der Waals surface area contributed by atoms with Crippen molar-refractivity contribution in [3.8, 4) is 0 Å². The number of hydrogen-bond donors (Lipinski definition) is 1. The Bertz CT molecular complexity index is 393. The van der Waals surface area contributed by atoms with Crippen LogP contribution in [0.25, 0.3) is 0 Å². The molecule has 4 atom stereocenters. The van der Waals surface area contributed by atoms with Crippen LogP contribution in [-0.2, 0) is 9.53 Å². The predicted molar refractivity (Wildman–Crippen MR) is 65.5 cm³/mol. The Kier molecular flexibility index (Phi) is 3.45. The van der Waals surface area contributed by atoms with Crippen LogP contribution < -0.4 is 0 Å². The van der Waals surface area contributed by atoms with Crippen molar-refractivity contribution in [3.05, 3.63) is 0 Å². The number of fused-ring (bicyclic) bond motifs is 3. The Balaban J connectivity index is 2.22. The molecule has 2 aliphatic heterocycles. The van der Waals surface area contributed by atoms with E-state index in [0.29, 0.717) is 12.8 Å². The average Bonchev–Trinajstić information content (AvgIpc) is 2.25. The molecule has 3 rings (SSSR count). The van der Waals surface area contributed by atoms with Crippen LogP contribution in [0, 0.1) is 5.92 Å². The molecule has 2 saturated heterocycles. The van der Waals surface area contributed by atoms with E-state index in [1.165, 1.54) is 4.90 Å². The smallest absolute Gasteiger partial charge is 0.411 e. The maximum Gasteiger partial charge on any atom is 0.411 e. The van der Waals surface area contributed by atoms with E-state index >= 15 is 0 Å². The van der Waals surface area contributed by atoms with Crippen LogP contribution in [0.15, 0.2) is 0 Å². The van der Waals surface area contributed by atoms with Crippen LogP contribution in [0.5, 0.6) is 0 Å². The molecular formula is C13H20FNO4. The molecule has 1 N–H and O–H groups in total. The summed E-state index contributed by atoms with van der Waals surface area (Å²) >= 11 is 0. The topological polar surface area (TPSA) is 66.8 Å². The van der Waals surface area contributed by atoms with E-state index in [2.05, 4.69) is 0 Å². The summed E-state index contributed by atoms with van der Waals surface area (Å²) in [5.74, 6) is -1.77. The zero-order chi connectivity index (χ0) is 14.4. The number of rotatable bonds is 1. The van der Waals surface area contributed by atoms with Crippen molar-refractivity contribution >= 4 is 12.1 Å². The summed E-state index contributed by atoms with van der Waals surface area (Å²) in [7, 11) is 0. The number of piperidine rings is 2. The minimum absolute atomic E-state index is 0.216. The first-order valence-corrected chi connectivity index (χ1v) is 6.59. The minimum Gasteiger partial charge on any atom is -0.480 e. The van der Waals surface area contributed by atoms with Crippen LogP contribution in [0.2, 0.25) is 0 Å². The molecule has 0 aromatic heterocycles. The van der Waals surface area contributed by atoms with E-state index in [0.717, 1.165) is 0 Å². The standard InChI is InChI=1S/C13H20FNO4/c1-13(2,3)19-12(18)15-7-4-5-8(9(14)6-7)10(15)11(16)17/h7-10H,4-6H2,1-3H3,(H,16,17)/t7?,8?,9-,10-/m1/s1. The lowest BCUT2D eigenvalue weighted by Gasteiger charge is -2.50. The van der Waals surface area contributed by atoms with Crippen LogP contribution in [0.4, 0.5) is 9.18 Å². The normalized spacial score (nSPS) is 34.2. The van der Waals surface area contributed by atoms with Gasteiger partial charge in [-0.05, 0) is 40.0 Å². The third kappa shape index (κ3) is 2.67. The molecule has 0 radical (unpaired) electrons. The molecule has 0 aromatic carbocycles. The number of hydrogen-bond acceptors (Lipinski definition) is 3. The fourth-order valence-electron chi connectivity index (χ4n) is 3.04. The number of aliphatic carboxylic acids is 1. The number of ether oxygens (including phenoxy) is 1. The largest absolute Gasteiger partial charge is 0.480 e. The molecule has 5 nitrogen and oxygen atoms in total. The van der Waals surface area contributed by atoms with Crippen LogP contribution in [-0.4, -0.2) is 45.9 Å². The van der Waals surface area contributed by atoms with Gasteiger partial charge in [0.2, 0.25) is 0 Å². The van der Waals surface area contributed by atoms with Crippen molar-refractivity contribution in [1.29, 1.82) is 0 Å². The molecule has 1 aliphatic carbocycles. The lowest BCUT2D eigenvalue weighted by Crippen LogP contribution is -2.64. The van der Waals surface area contributed by atoms with Crippen molar-refractivity contribution in [2.75, 3.05) is 0 Å². The Morgan fingerprint density at radius 2 is 1.95 bits per heavy atom. The van der Waals surface area contributed by atoms with Crippen molar-refractivity contribution in [2.24, 2.45) is 5.92 Å². The van der Waals surface area contributed by atoms with Gasteiger partial charge in [0.1, 0.15) is 17.8 Å². The van der Waals surface area contributed by atoms with E-state index in [1.807, 2.05) is 0 Å². The second kappa shape index (κ2) is 4.65. The molecule has 1 saturated carbocycles. The summed E-state index contributed by atoms with van der Waals surface area (Å²) in [6, 6.07) is -1.46. The lowest BCUT2D eigenvalue weighted by atomic mass is 9.73. The summed E-state index contributed by atoms with van der Waals surface area (Å²) in [4.78, 5) is 24.7. The highest BCUT2D eigenvalue weighted by Gasteiger charge is 2.53. The molecule has 2 heterocycles. The van der Waals surface area contributed by atoms with E-state index in [-0.39, 0.29) is 12.5 Å². The summed E-state index contributed by atoms with van der Waals surface area (Å²) < 4.78 is 19.1. The quantitative estimate of drug-likeness (QED) is 0.795.